The fourth-order valence-electron chi connectivity index (χ4n) is 4.25. The summed E-state index contributed by atoms with van der Waals surface area (Å²) in [6, 6.07) is 5.68. The molecule has 3 N–H and O–H groups in total. The molecule has 1 aromatic rings. The first-order chi connectivity index (χ1) is 12.9. The average molecular weight is 430 g/mol. The summed E-state index contributed by atoms with van der Waals surface area (Å²) in [5.74, 6) is 0.738. The Bertz CT molecular complexity index is 816. The van der Waals surface area contributed by atoms with Crippen LogP contribution in [0.5, 0.6) is 5.75 Å². The highest BCUT2D eigenvalue weighted by Gasteiger charge is 2.34. The molecule has 2 unspecified atom stereocenters. The van der Waals surface area contributed by atoms with Gasteiger partial charge < -0.3 is 15.4 Å². The maximum Gasteiger partial charge on any atom is 0.240 e. The van der Waals surface area contributed by atoms with Gasteiger partial charge in [0, 0.05) is 24.5 Å². The first-order valence-corrected chi connectivity index (χ1v) is 11.2. The minimum absolute atomic E-state index is 0. The molecule has 0 aromatic heterocycles. The van der Waals surface area contributed by atoms with E-state index in [9.17, 15) is 13.2 Å². The van der Waals surface area contributed by atoms with Gasteiger partial charge in [-0.15, -0.1) is 12.4 Å². The van der Waals surface area contributed by atoms with Crippen LogP contribution in [0.15, 0.2) is 23.1 Å². The Kier molecular flexibility index (Phi) is 6.54. The van der Waals surface area contributed by atoms with Crippen molar-refractivity contribution in [1.82, 2.24) is 10.0 Å². The van der Waals surface area contributed by atoms with Gasteiger partial charge in [0.2, 0.25) is 15.9 Å². The quantitative estimate of drug-likeness (QED) is 0.618. The van der Waals surface area contributed by atoms with Gasteiger partial charge in [-0.05, 0) is 62.6 Å². The van der Waals surface area contributed by atoms with E-state index < -0.39 is 10.0 Å². The second kappa shape index (κ2) is 8.57. The molecule has 7 nitrogen and oxygen atoms in total. The third kappa shape index (κ3) is 4.97. The van der Waals surface area contributed by atoms with Crippen LogP contribution < -0.4 is 20.1 Å². The van der Waals surface area contributed by atoms with E-state index in [1.807, 2.05) is 0 Å². The topological polar surface area (TPSA) is 96.5 Å². The highest BCUT2D eigenvalue weighted by Crippen LogP contribution is 2.34. The van der Waals surface area contributed by atoms with Gasteiger partial charge in [0.15, 0.2) is 0 Å². The molecule has 2 atom stereocenters. The first kappa shape index (κ1) is 21.4. The van der Waals surface area contributed by atoms with E-state index in [4.69, 9.17) is 4.74 Å². The van der Waals surface area contributed by atoms with Gasteiger partial charge in [-0.2, -0.15) is 0 Å². The molecule has 2 saturated heterocycles. The van der Waals surface area contributed by atoms with Crippen molar-refractivity contribution in [1.29, 1.82) is 0 Å². The standard InChI is InChI=1S/C19H27N3O4S.ClH/c1-26-18-7-6-16(27(24,25)22-13-2-3-13)11-17(18)21-19(23)10-12-8-14-4-5-15(9-12)20-14;/h6-7,11-15,20,22H,2-5,8-10H2,1H3,(H,21,23);1H. The van der Waals surface area contributed by atoms with Crippen LogP contribution in [0.4, 0.5) is 5.69 Å². The molecule has 9 heteroatoms. The number of carbonyl (C=O) groups is 1. The molecular weight excluding hydrogens is 402 g/mol. The number of sulfonamides is 1. The number of rotatable bonds is 7. The molecule has 4 rings (SSSR count). The summed E-state index contributed by atoms with van der Waals surface area (Å²) in [5.41, 5.74) is 0.401. The Hall–Kier alpha value is -1.35. The lowest BCUT2D eigenvalue weighted by atomic mass is 9.89. The van der Waals surface area contributed by atoms with Crippen molar-refractivity contribution < 1.29 is 17.9 Å². The summed E-state index contributed by atoms with van der Waals surface area (Å²) in [5, 5.41) is 6.44. The molecule has 3 aliphatic rings. The summed E-state index contributed by atoms with van der Waals surface area (Å²) in [4.78, 5) is 12.7. The Morgan fingerprint density at radius 3 is 2.46 bits per heavy atom. The SMILES string of the molecule is COc1ccc(S(=O)(=O)NC2CC2)cc1NC(=O)CC1CC2CCC(C1)N2.Cl. The highest BCUT2D eigenvalue weighted by atomic mass is 35.5. The molecule has 3 fully saturated rings. The maximum absolute atomic E-state index is 12.6. The summed E-state index contributed by atoms with van der Waals surface area (Å²) < 4.78 is 32.8. The van der Waals surface area contributed by atoms with Crippen LogP contribution in [-0.4, -0.2) is 39.6 Å². The second-order valence-corrected chi connectivity index (χ2v) is 9.70. The summed E-state index contributed by atoms with van der Waals surface area (Å²) in [6.07, 6.45) is 6.65. The first-order valence-electron chi connectivity index (χ1n) is 9.69. The Labute approximate surface area is 172 Å². The van der Waals surface area contributed by atoms with Crippen molar-refractivity contribution in [3.63, 3.8) is 0 Å². The van der Waals surface area contributed by atoms with Gasteiger partial charge in [-0.25, -0.2) is 13.1 Å². The largest absolute Gasteiger partial charge is 0.495 e. The monoisotopic (exact) mass is 429 g/mol. The minimum Gasteiger partial charge on any atom is -0.495 e. The van der Waals surface area contributed by atoms with Crippen LogP contribution in [0.2, 0.25) is 0 Å². The molecule has 1 amide bonds. The number of carbonyl (C=O) groups excluding carboxylic acids is 1. The summed E-state index contributed by atoms with van der Waals surface area (Å²) in [7, 11) is -2.07. The number of amides is 1. The molecule has 1 saturated carbocycles. The van der Waals surface area contributed by atoms with E-state index in [0.717, 1.165) is 25.7 Å². The zero-order valence-corrected chi connectivity index (χ0v) is 17.6. The molecule has 28 heavy (non-hydrogen) atoms. The molecular formula is C19H28ClN3O4S. The van der Waals surface area contributed by atoms with Crippen LogP contribution in [0, 0.1) is 5.92 Å². The zero-order valence-electron chi connectivity index (χ0n) is 15.9. The minimum atomic E-state index is -3.58. The predicted octanol–water partition coefficient (Wildman–Crippen LogP) is 2.42. The van der Waals surface area contributed by atoms with Crippen molar-refractivity contribution in [3.05, 3.63) is 18.2 Å². The number of anilines is 1. The fraction of sp³-hybridized carbons (Fsp3) is 0.632. The third-order valence-electron chi connectivity index (χ3n) is 5.70. The highest BCUT2D eigenvalue weighted by molar-refractivity contribution is 7.89. The van der Waals surface area contributed by atoms with Gasteiger partial charge in [-0.3, -0.25) is 4.79 Å². The van der Waals surface area contributed by atoms with Gasteiger partial charge in [0.05, 0.1) is 17.7 Å². The lowest BCUT2D eigenvalue weighted by Crippen LogP contribution is -2.39. The van der Waals surface area contributed by atoms with Crippen molar-refractivity contribution in [2.24, 2.45) is 5.92 Å². The van der Waals surface area contributed by atoms with Crippen molar-refractivity contribution in [2.75, 3.05) is 12.4 Å². The third-order valence-corrected chi connectivity index (χ3v) is 7.22. The Balaban J connectivity index is 0.00000225. The average Bonchev–Trinajstić information content (AvgIpc) is 3.36. The summed E-state index contributed by atoms with van der Waals surface area (Å²) >= 11 is 0. The van der Waals surface area contributed by atoms with Crippen molar-refractivity contribution in [3.8, 4) is 5.75 Å². The molecule has 156 valence electrons. The fourth-order valence-corrected chi connectivity index (χ4v) is 5.58. The molecule has 0 radical (unpaired) electrons. The number of fused-ring (bicyclic) bond motifs is 2. The number of piperidine rings is 1. The Morgan fingerprint density at radius 2 is 1.86 bits per heavy atom. The number of hydrogen-bond acceptors (Lipinski definition) is 5. The van der Waals surface area contributed by atoms with Crippen LogP contribution in [0.1, 0.15) is 44.9 Å². The van der Waals surface area contributed by atoms with Gasteiger partial charge in [0.1, 0.15) is 5.75 Å². The van der Waals surface area contributed by atoms with Gasteiger partial charge >= 0.3 is 0 Å². The van der Waals surface area contributed by atoms with Crippen molar-refractivity contribution in [2.45, 2.75) is 68.0 Å². The number of halogens is 1. The smallest absolute Gasteiger partial charge is 0.240 e. The van der Waals surface area contributed by atoms with Gasteiger partial charge in [0.25, 0.3) is 0 Å². The van der Waals surface area contributed by atoms with E-state index in [1.165, 1.54) is 32.1 Å². The second-order valence-electron chi connectivity index (χ2n) is 7.99. The number of ether oxygens (including phenoxy) is 1. The van der Waals surface area contributed by atoms with E-state index in [1.54, 1.807) is 6.07 Å². The summed E-state index contributed by atoms with van der Waals surface area (Å²) in [6.45, 7) is 0. The molecule has 1 aliphatic carbocycles. The lowest BCUT2D eigenvalue weighted by Gasteiger charge is -2.28. The van der Waals surface area contributed by atoms with E-state index in [2.05, 4.69) is 15.4 Å². The van der Waals surface area contributed by atoms with Crippen LogP contribution in [0.3, 0.4) is 0 Å². The van der Waals surface area contributed by atoms with Crippen LogP contribution in [0.25, 0.3) is 0 Å². The van der Waals surface area contributed by atoms with Crippen LogP contribution in [-0.2, 0) is 14.8 Å². The molecule has 2 heterocycles. The number of methoxy groups -OCH3 is 1. The van der Waals surface area contributed by atoms with Crippen LogP contribution >= 0.6 is 12.4 Å². The van der Waals surface area contributed by atoms with E-state index in [-0.39, 0.29) is 29.3 Å². The number of hydrogen-bond donors (Lipinski definition) is 3. The molecule has 0 spiro atoms. The molecule has 2 aliphatic heterocycles. The number of benzene rings is 1. The zero-order chi connectivity index (χ0) is 19.0. The number of nitrogens with one attached hydrogen (secondary N) is 3. The molecule has 1 aromatic carbocycles. The lowest BCUT2D eigenvalue weighted by molar-refractivity contribution is -0.117. The van der Waals surface area contributed by atoms with E-state index in [0.29, 0.717) is 35.9 Å². The van der Waals surface area contributed by atoms with Crippen molar-refractivity contribution >= 4 is 34.0 Å². The normalized spacial score (nSPS) is 26.4. The molecule has 2 bridgehead atoms. The van der Waals surface area contributed by atoms with E-state index >= 15 is 0 Å². The van der Waals surface area contributed by atoms with Gasteiger partial charge in [-0.1, -0.05) is 0 Å². The predicted molar refractivity (Wildman–Crippen MR) is 110 cm³/mol. The maximum atomic E-state index is 12.6. The Morgan fingerprint density at radius 1 is 1.18 bits per heavy atom.